The normalized spacial score (nSPS) is 16.0. The molecule has 2 aromatic heterocycles. The molecule has 3 aromatic rings. The van der Waals surface area contributed by atoms with Crippen molar-refractivity contribution in [2.24, 2.45) is 5.73 Å². The summed E-state index contributed by atoms with van der Waals surface area (Å²) >= 11 is 1.69. The van der Waals surface area contributed by atoms with Crippen LogP contribution in [0.1, 0.15) is 23.6 Å². The molecule has 6 heteroatoms. The summed E-state index contributed by atoms with van der Waals surface area (Å²) in [5.74, 6) is -0.307. The van der Waals surface area contributed by atoms with E-state index in [9.17, 15) is 4.79 Å². The standard InChI is InChI=1S/C22H20N4OS/c1-15-4-10-19(11-5-15)28-20-14-26(18-3-2-12-24-13-18)25-21(20)16-6-8-17(9-7-16)22(23)27/h2-6,8-14,16H,7H2,1H3,(H2,23,27). The first-order valence-electron chi connectivity index (χ1n) is 9.03. The predicted octanol–water partition coefficient (Wildman–Crippen LogP) is 4.18. The summed E-state index contributed by atoms with van der Waals surface area (Å²) in [6.07, 6.45) is 12.0. The van der Waals surface area contributed by atoms with Crippen LogP contribution in [0.3, 0.4) is 0 Å². The highest BCUT2D eigenvalue weighted by atomic mass is 32.2. The smallest absolute Gasteiger partial charge is 0.248 e. The van der Waals surface area contributed by atoms with Gasteiger partial charge in [-0.15, -0.1) is 0 Å². The maximum Gasteiger partial charge on any atom is 0.248 e. The van der Waals surface area contributed by atoms with Gasteiger partial charge in [-0.3, -0.25) is 9.78 Å². The zero-order chi connectivity index (χ0) is 19.5. The summed E-state index contributed by atoms with van der Waals surface area (Å²) in [4.78, 5) is 17.8. The van der Waals surface area contributed by atoms with Crippen molar-refractivity contribution in [3.8, 4) is 5.69 Å². The minimum Gasteiger partial charge on any atom is -0.366 e. The third-order valence-electron chi connectivity index (χ3n) is 4.60. The predicted molar refractivity (Wildman–Crippen MR) is 110 cm³/mol. The molecule has 0 aliphatic heterocycles. The van der Waals surface area contributed by atoms with Gasteiger partial charge in [0.15, 0.2) is 0 Å². The van der Waals surface area contributed by atoms with Gasteiger partial charge >= 0.3 is 0 Å². The molecule has 1 aliphatic rings. The summed E-state index contributed by atoms with van der Waals surface area (Å²) in [7, 11) is 0. The van der Waals surface area contributed by atoms with Gasteiger partial charge in [-0.05, 0) is 37.6 Å². The van der Waals surface area contributed by atoms with Crippen LogP contribution in [0.5, 0.6) is 0 Å². The minimum absolute atomic E-state index is 0.0916. The second kappa shape index (κ2) is 7.86. The first-order valence-corrected chi connectivity index (χ1v) is 9.84. The van der Waals surface area contributed by atoms with E-state index in [0.717, 1.165) is 21.2 Å². The molecule has 28 heavy (non-hydrogen) atoms. The number of nitrogens with zero attached hydrogens (tertiary/aromatic N) is 3. The lowest BCUT2D eigenvalue weighted by molar-refractivity contribution is -0.114. The van der Waals surface area contributed by atoms with E-state index in [0.29, 0.717) is 12.0 Å². The molecule has 1 atom stereocenters. The second-order valence-electron chi connectivity index (χ2n) is 6.67. The van der Waals surface area contributed by atoms with Crippen molar-refractivity contribution in [2.45, 2.75) is 29.1 Å². The fourth-order valence-electron chi connectivity index (χ4n) is 3.07. The Kier molecular flexibility index (Phi) is 5.12. The number of aryl methyl sites for hydroxylation is 1. The monoisotopic (exact) mass is 388 g/mol. The lowest BCUT2D eigenvalue weighted by Gasteiger charge is -2.14. The van der Waals surface area contributed by atoms with Crippen LogP contribution in [-0.4, -0.2) is 20.7 Å². The van der Waals surface area contributed by atoms with Gasteiger partial charge in [-0.1, -0.05) is 47.7 Å². The number of allylic oxidation sites excluding steroid dienone is 2. The van der Waals surface area contributed by atoms with Crippen molar-refractivity contribution in [1.29, 1.82) is 0 Å². The number of rotatable bonds is 5. The van der Waals surface area contributed by atoms with E-state index in [1.807, 2.05) is 35.2 Å². The highest BCUT2D eigenvalue weighted by Crippen LogP contribution is 2.37. The number of primary amides is 1. The topological polar surface area (TPSA) is 73.8 Å². The third-order valence-corrected chi connectivity index (χ3v) is 5.64. The molecule has 140 valence electrons. The number of benzene rings is 1. The first kappa shape index (κ1) is 18.3. The van der Waals surface area contributed by atoms with Crippen molar-refractivity contribution < 1.29 is 4.79 Å². The number of hydrogen-bond donors (Lipinski definition) is 1. The summed E-state index contributed by atoms with van der Waals surface area (Å²) < 4.78 is 1.86. The molecule has 1 unspecified atom stereocenters. The van der Waals surface area contributed by atoms with Gasteiger partial charge in [-0.25, -0.2) is 4.68 Å². The number of pyridine rings is 1. The molecule has 0 saturated heterocycles. The van der Waals surface area contributed by atoms with Gasteiger partial charge in [-0.2, -0.15) is 5.10 Å². The van der Waals surface area contributed by atoms with E-state index >= 15 is 0 Å². The highest BCUT2D eigenvalue weighted by molar-refractivity contribution is 7.99. The lowest BCUT2D eigenvalue weighted by Crippen LogP contribution is -2.15. The number of carbonyl (C=O) groups is 1. The molecule has 0 radical (unpaired) electrons. The van der Waals surface area contributed by atoms with Crippen LogP contribution in [0.2, 0.25) is 0 Å². The number of aromatic nitrogens is 3. The Hall–Kier alpha value is -3.12. The van der Waals surface area contributed by atoms with E-state index in [-0.39, 0.29) is 5.92 Å². The Balaban J connectivity index is 1.69. The molecule has 0 fully saturated rings. The van der Waals surface area contributed by atoms with Crippen molar-refractivity contribution >= 4 is 17.7 Å². The third kappa shape index (κ3) is 3.92. The summed E-state index contributed by atoms with van der Waals surface area (Å²) in [6, 6.07) is 12.3. The number of carbonyl (C=O) groups excluding carboxylic acids is 1. The minimum atomic E-state index is -0.398. The van der Waals surface area contributed by atoms with E-state index in [2.05, 4.69) is 36.2 Å². The Labute approximate surface area is 168 Å². The fourth-order valence-corrected chi connectivity index (χ4v) is 4.04. The molecule has 1 aromatic carbocycles. The molecular formula is C22H20N4OS. The zero-order valence-corrected chi connectivity index (χ0v) is 16.3. The summed E-state index contributed by atoms with van der Waals surface area (Å²) in [5.41, 5.74) is 9.06. The molecule has 1 amide bonds. The molecule has 1 aliphatic carbocycles. The maximum absolute atomic E-state index is 11.4. The Morgan fingerprint density at radius 2 is 2.07 bits per heavy atom. The van der Waals surface area contributed by atoms with Crippen LogP contribution in [0, 0.1) is 6.92 Å². The summed E-state index contributed by atoms with van der Waals surface area (Å²) in [6.45, 7) is 2.08. The SMILES string of the molecule is Cc1ccc(Sc2cn(-c3cccnc3)nc2C2C=CC(C(N)=O)=CC2)cc1. The molecule has 0 bridgehead atoms. The van der Waals surface area contributed by atoms with Crippen LogP contribution < -0.4 is 5.73 Å². The van der Waals surface area contributed by atoms with Crippen molar-refractivity contribution in [1.82, 2.24) is 14.8 Å². The van der Waals surface area contributed by atoms with Gasteiger partial charge in [0.05, 0.1) is 22.5 Å². The molecular weight excluding hydrogens is 368 g/mol. The zero-order valence-electron chi connectivity index (χ0n) is 15.4. The van der Waals surface area contributed by atoms with Crippen molar-refractivity contribution in [2.75, 3.05) is 0 Å². The van der Waals surface area contributed by atoms with Gasteiger partial charge < -0.3 is 5.73 Å². The number of hydrogen-bond acceptors (Lipinski definition) is 4. The van der Waals surface area contributed by atoms with Gasteiger partial charge in [0, 0.05) is 28.8 Å². The van der Waals surface area contributed by atoms with Crippen LogP contribution in [0.25, 0.3) is 5.69 Å². The van der Waals surface area contributed by atoms with Crippen molar-refractivity contribution in [3.05, 3.63) is 90.0 Å². The molecule has 2 N–H and O–H groups in total. The molecule has 4 rings (SSSR count). The molecule has 5 nitrogen and oxygen atoms in total. The van der Waals surface area contributed by atoms with Crippen LogP contribution in [0.15, 0.2) is 88.6 Å². The van der Waals surface area contributed by atoms with E-state index in [1.54, 1.807) is 30.2 Å². The number of amides is 1. The van der Waals surface area contributed by atoms with E-state index in [4.69, 9.17) is 10.8 Å². The average Bonchev–Trinajstić information content (AvgIpc) is 3.14. The van der Waals surface area contributed by atoms with Crippen molar-refractivity contribution in [3.63, 3.8) is 0 Å². The Bertz CT molecular complexity index is 1050. The van der Waals surface area contributed by atoms with E-state index < -0.39 is 5.91 Å². The Morgan fingerprint density at radius 3 is 2.71 bits per heavy atom. The maximum atomic E-state index is 11.4. The Morgan fingerprint density at radius 1 is 1.25 bits per heavy atom. The van der Waals surface area contributed by atoms with E-state index in [1.165, 1.54) is 5.56 Å². The number of nitrogens with two attached hydrogens (primary N) is 1. The largest absolute Gasteiger partial charge is 0.366 e. The molecule has 0 saturated carbocycles. The lowest BCUT2D eigenvalue weighted by atomic mass is 9.94. The van der Waals surface area contributed by atoms with Crippen LogP contribution in [0.4, 0.5) is 0 Å². The van der Waals surface area contributed by atoms with Gasteiger partial charge in [0.1, 0.15) is 0 Å². The molecule has 0 spiro atoms. The van der Waals surface area contributed by atoms with Crippen LogP contribution in [-0.2, 0) is 4.79 Å². The molecule has 2 heterocycles. The summed E-state index contributed by atoms with van der Waals surface area (Å²) in [5, 5.41) is 4.85. The first-order chi connectivity index (χ1) is 13.6. The second-order valence-corrected chi connectivity index (χ2v) is 7.79. The fraction of sp³-hybridized carbons (Fsp3) is 0.136. The quantitative estimate of drug-likeness (QED) is 0.711. The van der Waals surface area contributed by atoms with Crippen LogP contribution >= 0.6 is 11.8 Å². The average molecular weight is 388 g/mol. The van der Waals surface area contributed by atoms with Gasteiger partial charge in [0.25, 0.3) is 0 Å². The highest BCUT2D eigenvalue weighted by Gasteiger charge is 2.21. The van der Waals surface area contributed by atoms with Gasteiger partial charge in [0.2, 0.25) is 5.91 Å².